The molecule has 5 nitrogen and oxygen atoms in total. The molecule has 1 N–H and O–H groups in total. The van der Waals surface area contributed by atoms with Crippen LogP contribution in [0.3, 0.4) is 0 Å². The third-order valence-corrected chi connectivity index (χ3v) is 3.32. The van der Waals surface area contributed by atoms with Crippen molar-refractivity contribution >= 4 is 17.9 Å². The number of anilines is 1. The van der Waals surface area contributed by atoms with Crippen molar-refractivity contribution in [1.29, 1.82) is 0 Å². The molecule has 0 saturated heterocycles. The van der Waals surface area contributed by atoms with Crippen LogP contribution in [0, 0.1) is 0 Å². The first-order chi connectivity index (χ1) is 11.2. The molecule has 0 fully saturated rings. The van der Waals surface area contributed by atoms with Gasteiger partial charge in [-0.25, -0.2) is 0 Å². The monoisotopic (exact) mass is 313 g/mol. The van der Waals surface area contributed by atoms with Gasteiger partial charge in [0, 0.05) is 5.56 Å². The van der Waals surface area contributed by atoms with Gasteiger partial charge < -0.3 is 14.8 Å². The maximum atomic E-state index is 12.4. The van der Waals surface area contributed by atoms with Gasteiger partial charge in [0.25, 0.3) is 5.91 Å². The van der Waals surface area contributed by atoms with Crippen molar-refractivity contribution in [1.82, 2.24) is 0 Å². The van der Waals surface area contributed by atoms with Crippen LogP contribution in [0.15, 0.2) is 48.5 Å². The van der Waals surface area contributed by atoms with Crippen molar-refractivity contribution in [2.75, 3.05) is 12.4 Å². The molecule has 0 saturated carbocycles. The minimum Gasteiger partial charge on any atom is -0.495 e. The lowest BCUT2D eigenvalue weighted by molar-refractivity contribution is -0.122. The van der Waals surface area contributed by atoms with Crippen LogP contribution in [0.4, 0.5) is 5.69 Å². The van der Waals surface area contributed by atoms with E-state index >= 15 is 0 Å². The van der Waals surface area contributed by atoms with Crippen LogP contribution in [0.25, 0.3) is 0 Å². The highest BCUT2D eigenvalue weighted by Crippen LogP contribution is 2.24. The quantitative estimate of drug-likeness (QED) is 0.797. The second-order valence-corrected chi connectivity index (χ2v) is 4.89. The fourth-order valence-electron chi connectivity index (χ4n) is 2.07. The molecule has 2 aromatic rings. The number of aldehydes is 1. The minimum atomic E-state index is -0.637. The molecule has 2 aromatic carbocycles. The van der Waals surface area contributed by atoms with Gasteiger partial charge in [-0.15, -0.1) is 0 Å². The smallest absolute Gasteiger partial charge is 0.265 e. The Balaban J connectivity index is 2.07. The van der Waals surface area contributed by atoms with Gasteiger partial charge in [0.05, 0.1) is 12.8 Å². The predicted octanol–water partition coefficient (Wildman–Crippen LogP) is 3.30. The van der Waals surface area contributed by atoms with Crippen LogP contribution < -0.4 is 14.8 Å². The lowest BCUT2D eigenvalue weighted by atomic mass is 10.2. The molecule has 5 heteroatoms. The van der Waals surface area contributed by atoms with E-state index in [1.165, 1.54) is 0 Å². The Hall–Kier alpha value is -2.82. The SMILES string of the molecule is CCC(Oc1ccc(C=O)cc1)C(=O)Nc1ccccc1OC. The third kappa shape index (κ3) is 4.32. The number of benzene rings is 2. The lowest BCUT2D eigenvalue weighted by Gasteiger charge is -2.18. The largest absolute Gasteiger partial charge is 0.495 e. The summed E-state index contributed by atoms with van der Waals surface area (Å²) in [5, 5.41) is 2.81. The van der Waals surface area contributed by atoms with Gasteiger partial charge in [-0.05, 0) is 42.8 Å². The summed E-state index contributed by atoms with van der Waals surface area (Å²) in [4.78, 5) is 23.0. The van der Waals surface area contributed by atoms with E-state index in [1.54, 1.807) is 43.5 Å². The van der Waals surface area contributed by atoms with Gasteiger partial charge in [-0.1, -0.05) is 19.1 Å². The molecule has 1 atom stereocenters. The Morgan fingerprint density at radius 2 is 1.87 bits per heavy atom. The van der Waals surface area contributed by atoms with E-state index < -0.39 is 6.10 Å². The normalized spacial score (nSPS) is 11.4. The molecule has 1 amide bonds. The Morgan fingerprint density at radius 1 is 1.17 bits per heavy atom. The van der Waals surface area contributed by atoms with Gasteiger partial charge >= 0.3 is 0 Å². The summed E-state index contributed by atoms with van der Waals surface area (Å²) >= 11 is 0. The summed E-state index contributed by atoms with van der Waals surface area (Å²) in [7, 11) is 1.55. The van der Waals surface area contributed by atoms with Gasteiger partial charge in [-0.3, -0.25) is 9.59 Å². The molecule has 0 spiro atoms. The molecule has 1 unspecified atom stereocenters. The van der Waals surface area contributed by atoms with Crippen LogP contribution in [-0.4, -0.2) is 25.4 Å². The van der Waals surface area contributed by atoms with E-state index in [2.05, 4.69) is 5.32 Å². The standard InChI is InChI=1S/C18H19NO4/c1-3-16(23-14-10-8-13(12-20)9-11-14)18(21)19-15-6-4-5-7-17(15)22-2/h4-12,16H,3H2,1-2H3,(H,19,21). The number of para-hydroxylation sites is 2. The van der Waals surface area contributed by atoms with Crippen LogP contribution in [0.2, 0.25) is 0 Å². The Kier molecular flexibility index (Phi) is 5.74. The molecule has 0 aliphatic carbocycles. The van der Waals surface area contributed by atoms with E-state index in [4.69, 9.17) is 9.47 Å². The van der Waals surface area contributed by atoms with Gasteiger partial charge in [0.2, 0.25) is 0 Å². The van der Waals surface area contributed by atoms with E-state index in [-0.39, 0.29) is 5.91 Å². The number of hydrogen-bond donors (Lipinski definition) is 1. The number of ether oxygens (including phenoxy) is 2. The van der Waals surface area contributed by atoms with E-state index in [9.17, 15) is 9.59 Å². The molecule has 0 aromatic heterocycles. The van der Waals surface area contributed by atoms with Crippen LogP contribution >= 0.6 is 0 Å². The van der Waals surface area contributed by atoms with Crippen LogP contribution in [0.5, 0.6) is 11.5 Å². The molecule has 0 heterocycles. The number of amides is 1. The average Bonchev–Trinajstić information content (AvgIpc) is 2.60. The summed E-state index contributed by atoms with van der Waals surface area (Å²) < 4.78 is 10.9. The molecule has 23 heavy (non-hydrogen) atoms. The lowest BCUT2D eigenvalue weighted by Crippen LogP contribution is -2.32. The number of carbonyl (C=O) groups is 2. The van der Waals surface area contributed by atoms with Crippen molar-refractivity contribution in [2.24, 2.45) is 0 Å². The van der Waals surface area contributed by atoms with Crippen molar-refractivity contribution in [3.8, 4) is 11.5 Å². The van der Waals surface area contributed by atoms with Crippen molar-refractivity contribution in [2.45, 2.75) is 19.4 Å². The summed E-state index contributed by atoms with van der Waals surface area (Å²) in [6, 6.07) is 13.8. The number of nitrogens with one attached hydrogen (secondary N) is 1. The molecule has 0 radical (unpaired) electrons. The first kappa shape index (κ1) is 16.5. The summed E-state index contributed by atoms with van der Waals surface area (Å²) in [5.41, 5.74) is 1.15. The molecular formula is C18H19NO4. The van der Waals surface area contributed by atoms with E-state index in [0.29, 0.717) is 29.2 Å². The molecule has 0 aliphatic heterocycles. The second-order valence-electron chi connectivity index (χ2n) is 4.89. The number of carbonyl (C=O) groups excluding carboxylic acids is 2. The fraction of sp³-hybridized carbons (Fsp3) is 0.222. The summed E-state index contributed by atoms with van der Waals surface area (Å²) in [6.07, 6.45) is 0.633. The maximum Gasteiger partial charge on any atom is 0.265 e. The first-order valence-corrected chi connectivity index (χ1v) is 7.33. The predicted molar refractivity (Wildman–Crippen MR) is 88.2 cm³/mol. The maximum absolute atomic E-state index is 12.4. The zero-order valence-electron chi connectivity index (χ0n) is 13.1. The highest BCUT2D eigenvalue weighted by Gasteiger charge is 2.19. The molecule has 0 aliphatic rings. The number of hydrogen-bond acceptors (Lipinski definition) is 4. The van der Waals surface area contributed by atoms with Crippen LogP contribution in [0.1, 0.15) is 23.7 Å². The average molecular weight is 313 g/mol. The topological polar surface area (TPSA) is 64.6 Å². The third-order valence-electron chi connectivity index (χ3n) is 3.32. The van der Waals surface area contributed by atoms with Crippen molar-refractivity contribution < 1.29 is 19.1 Å². The summed E-state index contributed by atoms with van der Waals surface area (Å²) in [6.45, 7) is 1.87. The molecule has 2 rings (SSSR count). The zero-order chi connectivity index (χ0) is 16.7. The van der Waals surface area contributed by atoms with Crippen molar-refractivity contribution in [3.05, 3.63) is 54.1 Å². The van der Waals surface area contributed by atoms with Gasteiger partial charge in [0.15, 0.2) is 6.10 Å². The molecule has 120 valence electrons. The van der Waals surface area contributed by atoms with E-state index in [0.717, 1.165) is 6.29 Å². The van der Waals surface area contributed by atoms with Gasteiger partial charge in [0.1, 0.15) is 17.8 Å². The highest BCUT2D eigenvalue weighted by molar-refractivity contribution is 5.95. The molecular weight excluding hydrogens is 294 g/mol. The van der Waals surface area contributed by atoms with Gasteiger partial charge in [-0.2, -0.15) is 0 Å². The number of rotatable bonds is 7. The first-order valence-electron chi connectivity index (χ1n) is 7.33. The summed E-state index contributed by atoms with van der Waals surface area (Å²) in [5.74, 6) is 0.875. The minimum absolute atomic E-state index is 0.253. The highest BCUT2D eigenvalue weighted by atomic mass is 16.5. The molecule has 0 bridgehead atoms. The Labute approximate surface area is 135 Å². The Bertz CT molecular complexity index is 667. The zero-order valence-corrected chi connectivity index (χ0v) is 13.1. The van der Waals surface area contributed by atoms with E-state index in [1.807, 2.05) is 19.1 Å². The second kappa shape index (κ2) is 7.98. The van der Waals surface area contributed by atoms with Crippen LogP contribution in [-0.2, 0) is 4.79 Å². The number of methoxy groups -OCH3 is 1. The van der Waals surface area contributed by atoms with Crippen molar-refractivity contribution in [3.63, 3.8) is 0 Å². The fourth-order valence-corrected chi connectivity index (χ4v) is 2.07. The Morgan fingerprint density at radius 3 is 2.48 bits per heavy atom.